The van der Waals surface area contributed by atoms with Crippen LogP contribution in [0.15, 0.2) is 11.6 Å². The number of unbranched alkanes of at least 4 members (excludes halogenated alkanes) is 1. The molecular weight excluding hydrogens is 172 g/mol. The summed E-state index contributed by atoms with van der Waals surface area (Å²) in [5.41, 5.74) is 2.19. The zero-order valence-corrected chi connectivity index (χ0v) is 9.25. The highest BCUT2D eigenvalue weighted by molar-refractivity contribution is 5.49. The van der Waals surface area contributed by atoms with E-state index in [0.717, 1.165) is 37.4 Å². The van der Waals surface area contributed by atoms with E-state index < -0.39 is 0 Å². The predicted octanol–water partition coefficient (Wildman–Crippen LogP) is 3.35. The second-order valence-corrected chi connectivity index (χ2v) is 5.38. The fourth-order valence-electron chi connectivity index (χ4n) is 3.15. The van der Waals surface area contributed by atoms with E-state index in [1.165, 1.54) is 12.8 Å². The number of aldehydes is 1. The molecule has 0 saturated heterocycles. The van der Waals surface area contributed by atoms with Crippen molar-refractivity contribution in [3.63, 3.8) is 0 Å². The first kappa shape index (κ1) is 9.95. The molecule has 2 bridgehead atoms. The Morgan fingerprint density at radius 1 is 1.57 bits per heavy atom. The van der Waals surface area contributed by atoms with Gasteiger partial charge in [0.05, 0.1) is 0 Å². The molecule has 0 radical (unpaired) electrons. The summed E-state index contributed by atoms with van der Waals surface area (Å²) in [4.78, 5) is 10.2. The van der Waals surface area contributed by atoms with E-state index in [4.69, 9.17) is 0 Å². The van der Waals surface area contributed by atoms with E-state index in [1.807, 2.05) is 0 Å². The fourth-order valence-corrected chi connectivity index (χ4v) is 3.15. The van der Waals surface area contributed by atoms with Gasteiger partial charge in [-0.1, -0.05) is 25.5 Å². The Morgan fingerprint density at radius 2 is 2.36 bits per heavy atom. The standard InChI is InChI=1S/C13H20O/c1-13(2)11-7-6-10(12(13)9-11)5-3-4-8-14/h6,8,11-12H,3-5,7,9H2,1-2H3/t11-,12+/m0/s1. The third kappa shape index (κ3) is 1.43. The lowest BCUT2D eigenvalue weighted by Gasteiger charge is -2.56. The van der Waals surface area contributed by atoms with Gasteiger partial charge >= 0.3 is 0 Å². The van der Waals surface area contributed by atoms with Crippen molar-refractivity contribution in [2.75, 3.05) is 0 Å². The molecule has 0 unspecified atom stereocenters. The molecule has 3 aliphatic carbocycles. The summed E-state index contributed by atoms with van der Waals surface area (Å²) in [5.74, 6) is 1.76. The Balaban J connectivity index is 1.93. The number of hydrogen-bond donors (Lipinski definition) is 0. The van der Waals surface area contributed by atoms with E-state index in [1.54, 1.807) is 5.57 Å². The van der Waals surface area contributed by atoms with Crippen LogP contribution in [0.25, 0.3) is 0 Å². The molecule has 0 aromatic heterocycles. The molecule has 0 aromatic rings. The molecule has 2 atom stereocenters. The van der Waals surface area contributed by atoms with Crippen molar-refractivity contribution in [1.29, 1.82) is 0 Å². The second kappa shape index (κ2) is 3.52. The van der Waals surface area contributed by atoms with Crippen LogP contribution in [0.1, 0.15) is 46.0 Å². The monoisotopic (exact) mass is 192 g/mol. The topological polar surface area (TPSA) is 17.1 Å². The minimum Gasteiger partial charge on any atom is -0.303 e. The van der Waals surface area contributed by atoms with E-state index in [2.05, 4.69) is 19.9 Å². The van der Waals surface area contributed by atoms with Crippen LogP contribution in [0, 0.1) is 17.3 Å². The van der Waals surface area contributed by atoms with Crippen molar-refractivity contribution in [3.8, 4) is 0 Å². The first-order chi connectivity index (χ1) is 6.66. The molecule has 0 spiro atoms. The summed E-state index contributed by atoms with van der Waals surface area (Å²) in [6.45, 7) is 4.80. The van der Waals surface area contributed by atoms with E-state index >= 15 is 0 Å². The predicted molar refractivity (Wildman–Crippen MR) is 58.0 cm³/mol. The summed E-state index contributed by atoms with van der Waals surface area (Å²) in [5, 5.41) is 0. The molecule has 0 heterocycles. The molecule has 14 heavy (non-hydrogen) atoms. The zero-order chi connectivity index (χ0) is 10.2. The largest absolute Gasteiger partial charge is 0.303 e. The third-order valence-corrected chi connectivity index (χ3v) is 4.37. The van der Waals surface area contributed by atoms with Gasteiger partial charge in [0, 0.05) is 6.42 Å². The maximum atomic E-state index is 10.2. The highest BCUT2D eigenvalue weighted by atomic mass is 16.1. The van der Waals surface area contributed by atoms with Crippen molar-refractivity contribution in [3.05, 3.63) is 11.6 Å². The SMILES string of the molecule is CC1(C)[C@H]2CC=C(CCCC=O)[C@H]1C2. The molecule has 78 valence electrons. The summed E-state index contributed by atoms with van der Waals surface area (Å²) in [6.07, 6.45) is 9.09. The van der Waals surface area contributed by atoms with Gasteiger partial charge < -0.3 is 4.79 Å². The molecule has 3 aliphatic rings. The molecule has 0 aliphatic heterocycles. The number of rotatable bonds is 4. The Bertz CT molecular complexity index is 262. The Hall–Kier alpha value is -0.590. The van der Waals surface area contributed by atoms with Gasteiger partial charge in [-0.15, -0.1) is 0 Å². The maximum absolute atomic E-state index is 10.2. The molecule has 1 saturated carbocycles. The van der Waals surface area contributed by atoms with Gasteiger partial charge in [0.15, 0.2) is 0 Å². The van der Waals surface area contributed by atoms with E-state index in [9.17, 15) is 4.79 Å². The molecule has 1 fully saturated rings. The smallest absolute Gasteiger partial charge is 0.120 e. The van der Waals surface area contributed by atoms with Crippen molar-refractivity contribution in [2.24, 2.45) is 17.3 Å². The van der Waals surface area contributed by atoms with Crippen LogP contribution in [0.4, 0.5) is 0 Å². The van der Waals surface area contributed by atoms with Crippen molar-refractivity contribution in [2.45, 2.75) is 46.0 Å². The normalized spacial score (nSPS) is 33.1. The summed E-state index contributed by atoms with van der Waals surface area (Å²) >= 11 is 0. The maximum Gasteiger partial charge on any atom is 0.120 e. The Kier molecular flexibility index (Phi) is 2.50. The van der Waals surface area contributed by atoms with Crippen LogP contribution in [0.5, 0.6) is 0 Å². The van der Waals surface area contributed by atoms with Crippen LogP contribution in [0.2, 0.25) is 0 Å². The second-order valence-electron chi connectivity index (χ2n) is 5.38. The highest BCUT2D eigenvalue weighted by Gasteiger charge is 2.50. The van der Waals surface area contributed by atoms with Gasteiger partial charge in [-0.2, -0.15) is 0 Å². The molecule has 0 amide bonds. The molecule has 1 nitrogen and oxygen atoms in total. The van der Waals surface area contributed by atoms with E-state index in [0.29, 0.717) is 5.41 Å². The summed E-state index contributed by atoms with van der Waals surface area (Å²) < 4.78 is 0. The van der Waals surface area contributed by atoms with Crippen LogP contribution in [-0.2, 0) is 4.79 Å². The lowest BCUT2D eigenvalue weighted by Crippen LogP contribution is -2.47. The quantitative estimate of drug-likeness (QED) is 0.379. The average molecular weight is 192 g/mol. The number of fused-ring (bicyclic) bond motifs is 1. The summed E-state index contributed by atoms with van der Waals surface area (Å²) in [7, 11) is 0. The molecular formula is C13H20O. The van der Waals surface area contributed by atoms with Crippen LogP contribution < -0.4 is 0 Å². The highest BCUT2D eigenvalue weighted by Crippen LogP contribution is 2.59. The van der Waals surface area contributed by atoms with Gasteiger partial charge in [0.2, 0.25) is 0 Å². The van der Waals surface area contributed by atoms with E-state index in [-0.39, 0.29) is 0 Å². The van der Waals surface area contributed by atoms with Gasteiger partial charge in [-0.05, 0) is 42.9 Å². The Morgan fingerprint density at radius 3 is 2.93 bits per heavy atom. The molecule has 0 aromatic carbocycles. The third-order valence-electron chi connectivity index (χ3n) is 4.37. The molecule has 1 heteroatoms. The fraction of sp³-hybridized carbons (Fsp3) is 0.769. The lowest BCUT2D eigenvalue weighted by atomic mass is 9.48. The average Bonchev–Trinajstić information content (AvgIpc) is 2.18. The minimum atomic E-state index is 0.547. The number of allylic oxidation sites excluding steroid dienone is 2. The number of hydrogen-bond acceptors (Lipinski definition) is 1. The van der Waals surface area contributed by atoms with Crippen LogP contribution in [-0.4, -0.2) is 6.29 Å². The van der Waals surface area contributed by atoms with Gasteiger partial charge in [-0.25, -0.2) is 0 Å². The first-order valence-electron chi connectivity index (χ1n) is 5.79. The first-order valence-corrected chi connectivity index (χ1v) is 5.79. The van der Waals surface area contributed by atoms with Gasteiger partial charge in [0.25, 0.3) is 0 Å². The zero-order valence-electron chi connectivity index (χ0n) is 9.25. The molecule has 0 N–H and O–H groups in total. The van der Waals surface area contributed by atoms with Crippen molar-refractivity contribution >= 4 is 6.29 Å². The van der Waals surface area contributed by atoms with Gasteiger partial charge in [-0.3, -0.25) is 0 Å². The van der Waals surface area contributed by atoms with Crippen molar-refractivity contribution in [1.82, 2.24) is 0 Å². The van der Waals surface area contributed by atoms with Crippen molar-refractivity contribution < 1.29 is 4.79 Å². The lowest BCUT2D eigenvalue weighted by molar-refractivity contribution is -0.107. The number of carbonyl (C=O) groups excluding carboxylic acids is 1. The number of carbonyl (C=O) groups is 1. The minimum absolute atomic E-state index is 0.547. The van der Waals surface area contributed by atoms with Crippen LogP contribution in [0.3, 0.4) is 0 Å². The van der Waals surface area contributed by atoms with Gasteiger partial charge in [0.1, 0.15) is 6.29 Å². The van der Waals surface area contributed by atoms with Crippen LogP contribution >= 0.6 is 0 Å². The summed E-state index contributed by atoms with van der Waals surface area (Å²) in [6, 6.07) is 0. The molecule has 3 rings (SSSR count). The Labute approximate surface area is 86.6 Å².